The van der Waals surface area contributed by atoms with Crippen molar-refractivity contribution in [3.05, 3.63) is 52.0 Å². The topological polar surface area (TPSA) is 77.6 Å². The Labute approximate surface area is 187 Å². The lowest BCUT2D eigenvalue weighted by atomic mass is 10.1. The number of rotatable bonds is 5. The molecule has 0 bridgehead atoms. The van der Waals surface area contributed by atoms with Crippen molar-refractivity contribution in [3.8, 4) is 11.5 Å². The Morgan fingerprint density at radius 2 is 2.03 bits per heavy atom. The van der Waals surface area contributed by atoms with Gasteiger partial charge in [-0.1, -0.05) is 11.6 Å². The summed E-state index contributed by atoms with van der Waals surface area (Å²) in [6, 6.07) is 9.06. The fourth-order valence-corrected chi connectivity index (χ4v) is 5.05. The number of likely N-dealkylation sites (N-methyl/N-ethyl adjacent to an activating group) is 1. The summed E-state index contributed by atoms with van der Waals surface area (Å²) in [5.74, 6) is 1.96. The number of aromatic hydroxyl groups is 1. The number of ether oxygens (including phenoxy) is 1. The summed E-state index contributed by atoms with van der Waals surface area (Å²) in [6.45, 7) is 4.10. The zero-order valence-corrected chi connectivity index (χ0v) is 18.5. The quantitative estimate of drug-likeness (QED) is 0.695. The molecule has 1 aliphatic carbocycles. The summed E-state index contributed by atoms with van der Waals surface area (Å²) in [5.41, 5.74) is 10.2. The summed E-state index contributed by atoms with van der Waals surface area (Å²) < 4.78 is 6.16. The zero-order chi connectivity index (χ0) is 21.5. The molecule has 164 valence electrons. The maximum atomic E-state index is 10.3. The van der Waals surface area contributed by atoms with Gasteiger partial charge in [0.05, 0.1) is 5.56 Å². The highest BCUT2D eigenvalue weighted by molar-refractivity contribution is 6.31. The van der Waals surface area contributed by atoms with E-state index in [-0.39, 0.29) is 11.9 Å². The van der Waals surface area contributed by atoms with Gasteiger partial charge in [-0.3, -0.25) is 9.91 Å². The van der Waals surface area contributed by atoms with E-state index >= 15 is 0 Å². The molecule has 0 amide bonds. The van der Waals surface area contributed by atoms with E-state index in [1.807, 2.05) is 24.2 Å². The second kappa shape index (κ2) is 8.13. The molecule has 5 rings (SSSR count). The molecule has 7 nitrogen and oxygen atoms in total. The van der Waals surface area contributed by atoms with Gasteiger partial charge in [0.15, 0.2) is 5.84 Å². The molecule has 3 aliphatic rings. The van der Waals surface area contributed by atoms with Crippen LogP contribution < -0.4 is 10.5 Å². The molecular weight excluding hydrogens is 414 g/mol. The average molecular weight is 442 g/mol. The number of hydrazone groups is 1. The predicted molar refractivity (Wildman–Crippen MR) is 123 cm³/mol. The molecule has 8 heteroatoms. The number of benzene rings is 2. The van der Waals surface area contributed by atoms with Crippen molar-refractivity contribution in [2.75, 3.05) is 45.6 Å². The first kappa shape index (κ1) is 20.3. The monoisotopic (exact) mass is 441 g/mol. The van der Waals surface area contributed by atoms with Gasteiger partial charge in [-0.05, 0) is 60.7 Å². The van der Waals surface area contributed by atoms with Crippen LogP contribution in [0.2, 0.25) is 5.02 Å². The summed E-state index contributed by atoms with van der Waals surface area (Å²) >= 11 is 6.15. The number of anilines is 1. The Bertz CT molecular complexity index is 1030. The van der Waals surface area contributed by atoms with Crippen LogP contribution in [-0.4, -0.2) is 71.8 Å². The molecule has 0 spiro atoms. The van der Waals surface area contributed by atoms with Gasteiger partial charge in [0.25, 0.3) is 0 Å². The Hall–Kier alpha value is -2.64. The molecule has 2 aromatic rings. The minimum atomic E-state index is 0.128. The van der Waals surface area contributed by atoms with Crippen molar-refractivity contribution in [2.24, 2.45) is 5.10 Å². The number of nitrogen functional groups attached to an aromatic ring is 1. The Morgan fingerprint density at radius 1 is 1.19 bits per heavy atom. The minimum Gasteiger partial charge on any atom is -0.507 e. The molecule has 2 aliphatic heterocycles. The van der Waals surface area contributed by atoms with E-state index in [2.05, 4.69) is 9.80 Å². The first-order valence-electron chi connectivity index (χ1n) is 10.8. The molecule has 0 saturated carbocycles. The second-order valence-corrected chi connectivity index (χ2v) is 8.88. The molecule has 0 radical (unpaired) electrons. The van der Waals surface area contributed by atoms with Gasteiger partial charge in [-0.15, -0.1) is 0 Å². The normalized spacial score (nSPS) is 20.6. The zero-order valence-electron chi connectivity index (χ0n) is 17.7. The van der Waals surface area contributed by atoms with E-state index in [1.54, 1.807) is 18.2 Å². The summed E-state index contributed by atoms with van der Waals surface area (Å²) in [7, 11) is 1.98. The van der Waals surface area contributed by atoms with E-state index in [0.29, 0.717) is 17.2 Å². The maximum Gasteiger partial charge on any atom is 0.161 e. The SMILES string of the molecule is CN1N=C(c2cc(Cl)ccc2O)N2CCN(CCOc3ccc(N)c4c3CCC4)CC12. The fraction of sp³-hybridized carbons (Fsp3) is 0.435. The maximum absolute atomic E-state index is 10.3. The molecule has 0 aromatic heterocycles. The van der Waals surface area contributed by atoms with E-state index in [1.165, 1.54) is 11.1 Å². The van der Waals surface area contributed by atoms with E-state index < -0.39 is 0 Å². The number of nitrogens with two attached hydrogens (primary N) is 1. The Morgan fingerprint density at radius 3 is 2.90 bits per heavy atom. The van der Waals surface area contributed by atoms with Gasteiger partial charge in [-0.2, -0.15) is 5.10 Å². The van der Waals surface area contributed by atoms with Crippen molar-refractivity contribution >= 4 is 23.1 Å². The Balaban J connectivity index is 1.21. The van der Waals surface area contributed by atoms with Crippen LogP contribution in [0.1, 0.15) is 23.1 Å². The summed E-state index contributed by atoms with van der Waals surface area (Å²) in [4.78, 5) is 4.65. The molecule has 1 atom stereocenters. The third kappa shape index (κ3) is 3.77. The van der Waals surface area contributed by atoms with Crippen molar-refractivity contribution in [1.29, 1.82) is 0 Å². The van der Waals surface area contributed by atoms with Gasteiger partial charge in [0.2, 0.25) is 0 Å². The van der Waals surface area contributed by atoms with Crippen LogP contribution in [0.4, 0.5) is 5.69 Å². The number of halogens is 1. The van der Waals surface area contributed by atoms with Crippen LogP contribution in [0.15, 0.2) is 35.4 Å². The lowest BCUT2D eigenvalue weighted by Gasteiger charge is -2.40. The summed E-state index contributed by atoms with van der Waals surface area (Å²) in [5, 5.41) is 17.6. The fourth-order valence-electron chi connectivity index (χ4n) is 4.88. The van der Waals surface area contributed by atoms with Crippen molar-refractivity contribution in [1.82, 2.24) is 14.8 Å². The van der Waals surface area contributed by atoms with Crippen LogP contribution in [-0.2, 0) is 12.8 Å². The smallest absolute Gasteiger partial charge is 0.161 e. The first-order valence-corrected chi connectivity index (χ1v) is 11.2. The van der Waals surface area contributed by atoms with Crippen LogP contribution in [0, 0.1) is 0 Å². The molecule has 1 fully saturated rings. The highest BCUT2D eigenvalue weighted by Gasteiger charge is 2.38. The standard InChI is InChI=1S/C23H28ClN5O2/c1-27-22-14-28(11-12-31-21-8-6-19(25)16-3-2-4-17(16)21)9-10-29(22)23(26-27)18-13-15(24)5-7-20(18)30/h5-8,13,22,30H,2-4,9-12,14,25H2,1H3. The number of piperazine rings is 1. The third-order valence-electron chi connectivity index (χ3n) is 6.54. The number of hydrogen-bond acceptors (Lipinski definition) is 7. The predicted octanol–water partition coefficient (Wildman–Crippen LogP) is 2.75. The molecule has 2 heterocycles. The van der Waals surface area contributed by atoms with Crippen LogP contribution >= 0.6 is 11.6 Å². The first-order chi connectivity index (χ1) is 15.0. The minimum absolute atomic E-state index is 0.128. The van der Waals surface area contributed by atoms with Crippen LogP contribution in [0.25, 0.3) is 0 Å². The molecule has 1 saturated heterocycles. The Kier molecular flexibility index (Phi) is 5.32. The third-order valence-corrected chi connectivity index (χ3v) is 6.77. The van der Waals surface area contributed by atoms with Gasteiger partial charge in [-0.25, -0.2) is 0 Å². The average Bonchev–Trinajstić information content (AvgIpc) is 3.38. The molecule has 31 heavy (non-hydrogen) atoms. The highest BCUT2D eigenvalue weighted by atomic mass is 35.5. The van der Waals surface area contributed by atoms with Gasteiger partial charge in [0.1, 0.15) is 24.3 Å². The van der Waals surface area contributed by atoms with Gasteiger partial charge >= 0.3 is 0 Å². The lowest BCUT2D eigenvalue weighted by Crippen LogP contribution is -2.56. The van der Waals surface area contributed by atoms with Crippen molar-refractivity contribution in [2.45, 2.75) is 25.4 Å². The van der Waals surface area contributed by atoms with Crippen molar-refractivity contribution < 1.29 is 9.84 Å². The van der Waals surface area contributed by atoms with Gasteiger partial charge < -0.3 is 20.5 Å². The van der Waals surface area contributed by atoms with E-state index in [9.17, 15) is 5.11 Å². The lowest BCUT2D eigenvalue weighted by molar-refractivity contribution is 0.0505. The molecule has 1 unspecified atom stereocenters. The number of nitrogens with zero attached hydrogens (tertiary/aromatic N) is 4. The van der Waals surface area contributed by atoms with Crippen molar-refractivity contribution in [3.63, 3.8) is 0 Å². The van der Waals surface area contributed by atoms with Crippen LogP contribution in [0.3, 0.4) is 0 Å². The largest absolute Gasteiger partial charge is 0.507 e. The number of fused-ring (bicyclic) bond motifs is 2. The summed E-state index contributed by atoms with van der Waals surface area (Å²) in [6.07, 6.45) is 3.39. The molecular formula is C23H28ClN5O2. The van der Waals surface area contributed by atoms with E-state index in [4.69, 9.17) is 27.2 Å². The van der Waals surface area contributed by atoms with E-state index in [0.717, 1.165) is 62.7 Å². The number of hydrogen-bond donors (Lipinski definition) is 2. The van der Waals surface area contributed by atoms with Gasteiger partial charge in [0, 0.05) is 43.9 Å². The number of phenolic OH excluding ortho intramolecular Hbond substituents is 1. The number of amidine groups is 1. The molecule has 2 aromatic carbocycles. The highest BCUT2D eigenvalue weighted by Crippen LogP contribution is 2.34. The molecule has 3 N–H and O–H groups in total. The van der Waals surface area contributed by atoms with Crippen LogP contribution in [0.5, 0.6) is 11.5 Å². The second-order valence-electron chi connectivity index (χ2n) is 8.45. The number of phenols is 1.